The first-order valence-electron chi connectivity index (χ1n) is 22.5. The average molecular weight is 823 g/mol. The van der Waals surface area contributed by atoms with Crippen LogP contribution in [0.5, 0.6) is 0 Å². The second kappa shape index (κ2) is 13.7. The van der Waals surface area contributed by atoms with Crippen LogP contribution in [0.2, 0.25) is 0 Å². The van der Waals surface area contributed by atoms with Crippen molar-refractivity contribution in [1.29, 1.82) is 5.26 Å². The molecule has 0 radical (unpaired) electrons. The van der Waals surface area contributed by atoms with E-state index in [9.17, 15) is 5.26 Å². The summed E-state index contributed by atoms with van der Waals surface area (Å²) in [6.45, 7) is 27.5. The zero-order valence-electron chi connectivity index (χ0n) is 39.0. The van der Waals surface area contributed by atoms with Crippen LogP contribution in [0.15, 0.2) is 133 Å². The minimum Gasteiger partial charge on any atom is -0.307 e. The maximum atomic E-state index is 11.6. The van der Waals surface area contributed by atoms with E-state index in [0.717, 1.165) is 60.9 Å². The summed E-state index contributed by atoms with van der Waals surface area (Å²) >= 11 is 0. The van der Waals surface area contributed by atoms with Crippen molar-refractivity contribution in [3.05, 3.63) is 161 Å². The highest BCUT2D eigenvalue weighted by Gasteiger charge is 2.30. The lowest BCUT2D eigenvalue weighted by molar-refractivity contribution is 0.590. The number of nitriles is 1. The first kappa shape index (κ1) is 40.5. The standard InChI is InChI=1S/C59H58N4/c1-56(2,3)37-22-26-49-43(31-37)44-32-38(57(4,5)6)23-27-50(44)62(49)53-36(35-60)30-47-42-20-16-17-21-48(42)61(41-18-14-13-15-19-41)54(47)55(53)63-51-28-24-39(58(7,8)9)33-45(51)46-34-40(59(10,11)12)25-29-52(46)63/h13-34H,1-12H3. The molecule has 0 fully saturated rings. The SMILES string of the molecule is CC(C)(C)c1ccc2c(c1)c1cc(C(C)(C)C)ccc1n2-c1c(C#N)cc2c3ccccc3n(-c3ccccc3)c2c1-n1c2ccc(C(C)(C)C)cc2c2cc(C(C)(C)C)ccc21. The average Bonchev–Trinajstić information content (AvgIpc) is 3.86. The highest BCUT2D eigenvalue weighted by Crippen LogP contribution is 2.47. The first-order valence-corrected chi connectivity index (χ1v) is 22.5. The van der Waals surface area contributed by atoms with E-state index < -0.39 is 0 Å². The highest BCUT2D eigenvalue weighted by molar-refractivity contribution is 6.18. The Labute approximate surface area is 372 Å². The molecule has 314 valence electrons. The summed E-state index contributed by atoms with van der Waals surface area (Å²) in [5.41, 5.74) is 15.0. The van der Waals surface area contributed by atoms with Crippen molar-refractivity contribution in [3.63, 3.8) is 0 Å². The van der Waals surface area contributed by atoms with Crippen molar-refractivity contribution in [1.82, 2.24) is 13.7 Å². The zero-order chi connectivity index (χ0) is 44.5. The van der Waals surface area contributed by atoms with Gasteiger partial charge in [-0.3, -0.25) is 0 Å². The molecule has 10 rings (SSSR count). The predicted octanol–water partition coefficient (Wildman–Crippen LogP) is 16.0. The monoisotopic (exact) mass is 822 g/mol. The molecule has 7 aromatic carbocycles. The Bertz CT molecular complexity index is 3390. The van der Waals surface area contributed by atoms with Crippen LogP contribution in [0.3, 0.4) is 0 Å². The lowest BCUT2D eigenvalue weighted by Crippen LogP contribution is -2.12. The molecule has 0 spiro atoms. The summed E-state index contributed by atoms with van der Waals surface area (Å²) in [7, 11) is 0. The summed E-state index contributed by atoms with van der Waals surface area (Å²) in [6, 6.07) is 52.4. The molecule has 0 saturated carbocycles. The van der Waals surface area contributed by atoms with Crippen LogP contribution in [0.4, 0.5) is 0 Å². The number of benzene rings is 7. The second-order valence-corrected chi connectivity index (χ2v) is 21.9. The van der Waals surface area contributed by atoms with Gasteiger partial charge in [0.25, 0.3) is 0 Å². The fourth-order valence-corrected chi connectivity index (χ4v) is 9.86. The quantitative estimate of drug-likeness (QED) is 0.175. The van der Waals surface area contributed by atoms with Crippen molar-refractivity contribution in [2.24, 2.45) is 0 Å². The normalized spacial score (nSPS) is 13.1. The van der Waals surface area contributed by atoms with E-state index in [1.807, 2.05) is 0 Å². The summed E-state index contributed by atoms with van der Waals surface area (Å²) < 4.78 is 7.33. The molecule has 0 unspecified atom stereocenters. The van der Waals surface area contributed by atoms with Crippen LogP contribution < -0.4 is 0 Å². The predicted molar refractivity (Wildman–Crippen MR) is 269 cm³/mol. The molecule has 0 N–H and O–H groups in total. The Hall–Kier alpha value is -6.57. The third-order valence-electron chi connectivity index (χ3n) is 13.5. The fraction of sp³-hybridized carbons (Fsp3) is 0.271. The van der Waals surface area contributed by atoms with Gasteiger partial charge in [0.05, 0.1) is 50.0 Å². The number of fused-ring (bicyclic) bond motifs is 9. The molecule has 3 aromatic heterocycles. The van der Waals surface area contributed by atoms with E-state index in [4.69, 9.17) is 0 Å². The van der Waals surface area contributed by atoms with Crippen LogP contribution >= 0.6 is 0 Å². The molecule has 10 aromatic rings. The zero-order valence-corrected chi connectivity index (χ0v) is 39.0. The summed E-state index contributed by atoms with van der Waals surface area (Å²) in [5.74, 6) is 0. The van der Waals surface area contributed by atoms with Crippen LogP contribution in [-0.2, 0) is 21.7 Å². The summed E-state index contributed by atoms with van der Waals surface area (Å²) in [4.78, 5) is 0. The molecule has 0 aliphatic heterocycles. The molecule has 0 bridgehead atoms. The molecule has 0 saturated heterocycles. The van der Waals surface area contributed by atoms with Gasteiger partial charge in [-0.05, 0) is 117 Å². The molecular weight excluding hydrogens is 765 g/mol. The van der Waals surface area contributed by atoms with Crippen LogP contribution in [0.25, 0.3) is 82.5 Å². The number of para-hydroxylation sites is 2. The number of hydrogen-bond donors (Lipinski definition) is 0. The molecule has 0 aliphatic rings. The van der Waals surface area contributed by atoms with E-state index >= 15 is 0 Å². The minimum absolute atomic E-state index is 0.0517. The maximum Gasteiger partial charge on any atom is 0.101 e. The lowest BCUT2D eigenvalue weighted by Gasteiger charge is -2.23. The number of nitrogens with zero attached hydrogens (tertiary/aromatic N) is 4. The van der Waals surface area contributed by atoms with Gasteiger partial charge in [0.15, 0.2) is 0 Å². The van der Waals surface area contributed by atoms with Crippen molar-refractivity contribution in [3.8, 4) is 23.1 Å². The molecule has 0 atom stereocenters. The maximum absolute atomic E-state index is 11.6. The van der Waals surface area contributed by atoms with E-state index in [1.54, 1.807) is 0 Å². The molecule has 0 amide bonds. The molecule has 3 heterocycles. The van der Waals surface area contributed by atoms with E-state index in [1.165, 1.54) is 43.8 Å². The third-order valence-corrected chi connectivity index (χ3v) is 13.5. The van der Waals surface area contributed by atoms with Gasteiger partial charge in [0.2, 0.25) is 0 Å². The van der Waals surface area contributed by atoms with Crippen LogP contribution in [-0.4, -0.2) is 13.7 Å². The van der Waals surface area contributed by atoms with Crippen LogP contribution in [0, 0.1) is 11.3 Å². The Morgan fingerprint density at radius 2 is 0.714 bits per heavy atom. The lowest BCUT2D eigenvalue weighted by atomic mass is 9.85. The molecule has 0 aliphatic carbocycles. The fourth-order valence-electron chi connectivity index (χ4n) is 9.86. The van der Waals surface area contributed by atoms with Gasteiger partial charge in [0.1, 0.15) is 6.07 Å². The van der Waals surface area contributed by atoms with E-state index in [0.29, 0.717) is 5.56 Å². The Morgan fingerprint density at radius 1 is 0.349 bits per heavy atom. The molecule has 4 nitrogen and oxygen atoms in total. The summed E-state index contributed by atoms with van der Waals surface area (Å²) in [5, 5.41) is 18.6. The third kappa shape index (κ3) is 6.30. The largest absolute Gasteiger partial charge is 0.307 e. The van der Waals surface area contributed by atoms with Gasteiger partial charge in [-0.25, -0.2) is 0 Å². The second-order valence-electron chi connectivity index (χ2n) is 21.9. The smallest absolute Gasteiger partial charge is 0.101 e. The van der Waals surface area contributed by atoms with Crippen molar-refractivity contribution < 1.29 is 0 Å². The van der Waals surface area contributed by atoms with Gasteiger partial charge < -0.3 is 13.7 Å². The molecular formula is C59H58N4. The van der Waals surface area contributed by atoms with Crippen LogP contribution in [0.1, 0.15) is 111 Å². The van der Waals surface area contributed by atoms with Crippen molar-refractivity contribution in [2.75, 3.05) is 0 Å². The van der Waals surface area contributed by atoms with Gasteiger partial charge in [-0.1, -0.05) is 144 Å². The van der Waals surface area contributed by atoms with E-state index in [-0.39, 0.29) is 21.7 Å². The van der Waals surface area contributed by atoms with Gasteiger partial charge in [0, 0.05) is 38.0 Å². The topological polar surface area (TPSA) is 38.6 Å². The van der Waals surface area contributed by atoms with Gasteiger partial charge >= 0.3 is 0 Å². The first-order chi connectivity index (χ1) is 29.8. The molecule has 63 heavy (non-hydrogen) atoms. The number of aromatic nitrogens is 3. The number of rotatable bonds is 3. The highest BCUT2D eigenvalue weighted by atomic mass is 15.1. The Balaban J connectivity index is 1.50. The van der Waals surface area contributed by atoms with Crippen molar-refractivity contribution >= 4 is 65.4 Å². The minimum atomic E-state index is -0.0520. The van der Waals surface area contributed by atoms with Crippen molar-refractivity contribution in [2.45, 2.75) is 105 Å². The summed E-state index contributed by atoms with van der Waals surface area (Å²) in [6.07, 6.45) is 0. The Kier molecular flexibility index (Phi) is 8.82. The van der Waals surface area contributed by atoms with Gasteiger partial charge in [-0.15, -0.1) is 0 Å². The Morgan fingerprint density at radius 3 is 1.11 bits per heavy atom. The number of hydrogen-bond acceptors (Lipinski definition) is 1. The van der Waals surface area contributed by atoms with E-state index in [2.05, 4.69) is 236 Å². The molecule has 4 heteroatoms. The van der Waals surface area contributed by atoms with Gasteiger partial charge in [-0.2, -0.15) is 5.26 Å².